The molecule has 0 radical (unpaired) electrons. The lowest BCUT2D eigenvalue weighted by Gasteiger charge is -2.25. The maximum Gasteiger partial charge on any atom is 0.253 e. The van der Waals surface area contributed by atoms with E-state index in [4.69, 9.17) is 0 Å². The summed E-state index contributed by atoms with van der Waals surface area (Å²) in [5.41, 5.74) is 0.639. The van der Waals surface area contributed by atoms with E-state index in [1.165, 1.54) is 0 Å². The largest absolute Gasteiger partial charge is 0.508 e. The molecule has 3 heteroatoms. The lowest BCUT2D eigenvalue weighted by atomic mass is 10.0. The molecule has 0 aromatic heterocycles. The molecule has 1 amide bonds. The quantitative estimate of drug-likeness (QED) is 0.840. The maximum atomic E-state index is 12.3. The van der Waals surface area contributed by atoms with E-state index in [0.717, 1.165) is 25.9 Å². The summed E-state index contributed by atoms with van der Waals surface area (Å²) in [7, 11) is 0. The lowest BCUT2D eigenvalue weighted by molar-refractivity contribution is 0.0735. The second-order valence-electron chi connectivity index (χ2n) is 4.57. The van der Waals surface area contributed by atoms with Crippen LogP contribution in [0.1, 0.15) is 44.0 Å². The van der Waals surface area contributed by atoms with Crippen molar-refractivity contribution in [2.24, 2.45) is 5.92 Å². The number of aromatic hydroxyl groups is 1. The molecule has 0 aliphatic carbocycles. The summed E-state index contributed by atoms with van der Waals surface area (Å²) in [6.07, 6.45) is 2.19. The minimum Gasteiger partial charge on any atom is -0.508 e. The molecular weight excluding hydrogens is 226 g/mol. The van der Waals surface area contributed by atoms with E-state index >= 15 is 0 Å². The van der Waals surface area contributed by atoms with Gasteiger partial charge in [-0.1, -0.05) is 26.7 Å². The molecule has 18 heavy (non-hydrogen) atoms. The first-order valence-corrected chi connectivity index (χ1v) is 6.70. The molecule has 100 valence electrons. The minimum atomic E-state index is 0.0457. The average Bonchev–Trinajstić information content (AvgIpc) is 2.40. The van der Waals surface area contributed by atoms with Gasteiger partial charge in [0.1, 0.15) is 5.75 Å². The second-order valence-corrected chi connectivity index (χ2v) is 4.57. The number of rotatable bonds is 6. The SMILES string of the molecule is CCC(CC)CN(CC)C(=O)c1ccc(O)cc1. The van der Waals surface area contributed by atoms with Crippen LogP contribution in [0.25, 0.3) is 0 Å². The highest BCUT2D eigenvalue weighted by molar-refractivity contribution is 5.94. The molecular formula is C15H23NO2. The Morgan fingerprint density at radius 1 is 1.17 bits per heavy atom. The first kappa shape index (κ1) is 14.6. The van der Waals surface area contributed by atoms with Crippen LogP contribution in [0.3, 0.4) is 0 Å². The fourth-order valence-electron chi connectivity index (χ4n) is 2.00. The van der Waals surface area contributed by atoms with Crippen LogP contribution in [0.15, 0.2) is 24.3 Å². The number of carbonyl (C=O) groups is 1. The van der Waals surface area contributed by atoms with E-state index in [2.05, 4.69) is 13.8 Å². The van der Waals surface area contributed by atoms with Gasteiger partial charge in [0.25, 0.3) is 5.91 Å². The van der Waals surface area contributed by atoms with Crippen molar-refractivity contribution in [3.8, 4) is 5.75 Å². The van der Waals surface area contributed by atoms with Gasteiger partial charge in [-0.3, -0.25) is 4.79 Å². The number of phenolic OH excluding ortho intramolecular Hbond substituents is 1. The van der Waals surface area contributed by atoms with E-state index in [0.29, 0.717) is 11.5 Å². The van der Waals surface area contributed by atoms with Crippen LogP contribution in [-0.4, -0.2) is 29.0 Å². The zero-order valence-corrected chi connectivity index (χ0v) is 11.5. The second kappa shape index (κ2) is 7.04. The molecule has 0 bridgehead atoms. The molecule has 0 saturated heterocycles. The lowest BCUT2D eigenvalue weighted by Crippen LogP contribution is -2.35. The van der Waals surface area contributed by atoms with Gasteiger partial charge >= 0.3 is 0 Å². The highest BCUT2D eigenvalue weighted by Gasteiger charge is 2.17. The molecule has 1 rings (SSSR count). The van der Waals surface area contributed by atoms with Crippen molar-refractivity contribution in [2.75, 3.05) is 13.1 Å². The van der Waals surface area contributed by atoms with E-state index in [1.54, 1.807) is 24.3 Å². The Labute approximate surface area is 109 Å². The molecule has 0 aliphatic rings. The van der Waals surface area contributed by atoms with Crippen LogP contribution in [-0.2, 0) is 0 Å². The van der Waals surface area contributed by atoms with Gasteiger partial charge in [0, 0.05) is 18.7 Å². The number of hydrogen-bond acceptors (Lipinski definition) is 2. The van der Waals surface area contributed by atoms with Gasteiger partial charge in [-0.05, 0) is 37.1 Å². The Balaban J connectivity index is 2.75. The summed E-state index contributed by atoms with van der Waals surface area (Å²) < 4.78 is 0. The van der Waals surface area contributed by atoms with Crippen LogP contribution in [0.5, 0.6) is 5.75 Å². The molecule has 1 aromatic rings. The monoisotopic (exact) mass is 249 g/mol. The van der Waals surface area contributed by atoms with E-state index in [-0.39, 0.29) is 11.7 Å². The summed E-state index contributed by atoms with van der Waals surface area (Å²) in [6.45, 7) is 7.85. The summed E-state index contributed by atoms with van der Waals surface area (Å²) in [6, 6.07) is 6.46. The number of phenols is 1. The number of amides is 1. The van der Waals surface area contributed by atoms with Gasteiger partial charge < -0.3 is 10.0 Å². The molecule has 0 aliphatic heterocycles. The van der Waals surface area contributed by atoms with E-state index < -0.39 is 0 Å². The highest BCUT2D eigenvalue weighted by Crippen LogP contribution is 2.15. The molecule has 3 nitrogen and oxygen atoms in total. The number of benzene rings is 1. The summed E-state index contributed by atoms with van der Waals surface area (Å²) in [4.78, 5) is 14.2. The Bertz CT molecular complexity index is 369. The normalized spacial score (nSPS) is 10.7. The molecule has 0 heterocycles. The topological polar surface area (TPSA) is 40.5 Å². The molecule has 1 aromatic carbocycles. The first-order valence-electron chi connectivity index (χ1n) is 6.70. The third-order valence-corrected chi connectivity index (χ3v) is 3.42. The van der Waals surface area contributed by atoms with Gasteiger partial charge in [0.05, 0.1) is 0 Å². The van der Waals surface area contributed by atoms with Crippen LogP contribution in [0.2, 0.25) is 0 Å². The fourth-order valence-corrected chi connectivity index (χ4v) is 2.00. The van der Waals surface area contributed by atoms with Gasteiger partial charge in [-0.15, -0.1) is 0 Å². The van der Waals surface area contributed by atoms with Crippen molar-refractivity contribution >= 4 is 5.91 Å². The molecule has 0 atom stereocenters. The third kappa shape index (κ3) is 3.76. The molecule has 0 fully saturated rings. The van der Waals surface area contributed by atoms with Crippen molar-refractivity contribution < 1.29 is 9.90 Å². The van der Waals surface area contributed by atoms with Gasteiger partial charge in [0.15, 0.2) is 0 Å². The predicted molar refractivity (Wildman–Crippen MR) is 73.8 cm³/mol. The van der Waals surface area contributed by atoms with Gasteiger partial charge in [-0.25, -0.2) is 0 Å². The van der Waals surface area contributed by atoms with Crippen LogP contribution >= 0.6 is 0 Å². The van der Waals surface area contributed by atoms with Crippen molar-refractivity contribution in [2.45, 2.75) is 33.6 Å². The molecule has 0 unspecified atom stereocenters. The van der Waals surface area contributed by atoms with Crippen LogP contribution in [0, 0.1) is 5.92 Å². The standard InChI is InChI=1S/C15H23NO2/c1-4-12(5-2)11-16(6-3)15(18)13-7-9-14(17)10-8-13/h7-10,12,17H,4-6,11H2,1-3H3. The Hall–Kier alpha value is -1.51. The minimum absolute atomic E-state index is 0.0457. The zero-order chi connectivity index (χ0) is 13.5. The van der Waals surface area contributed by atoms with E-state index in [9.17, 15) is 9.90 Å². The van der Waals surface area contributed by atoms with Gasteiger partial charge in [0.2, 0.25) is 0 Å². The average molecular weight is 249 g/mol. The van der Waals surface area contributed by atoms with Crippen LogP contribution < -0.4 is 0 Å². The summed E-state index contributed by atoms with van der Waals surface area (Å²) in [5, 5.41) is 9.23. The van der Waals surface area contributed by atoms with Crippen molar-refractivity contribution in [3.63, 3.8) is 0 Å². The van der Waals surface area contributed by atoms with Gasteiger partial charge in [-0.2, -0.15) is 0 Å². The Morgan fingerprint density at radius 2 is 1.72 bits per heavy atom. The Morgan fingerprint density at radius 3 is 2.17 bits per heavy atom. The smallest absolute Gasteiger partial charge is 0.253 e. The van der Waals surface area contributed by atoms with E-state index in [1.807, 2.05) is 11.8 Å². The highest BCUT2D eigenvalue weighted by atomic mass is 16.3. The zero-order valence-electron chi connectivity index (χ0n) is 11.5. The number of nitrogens with zero attached hydrogens (tertiary/aromatic N) is 1. The molecule has 0 saturated carbocycles. The fraction of sp³-hybridized carbons (Fsp3) is 0.533. The number of hydrogen-bond donors (Lipinski definition) is 1. The summed E-state index contributed by atoms with van der Waals surface area (Å²) in [5.74, 6) is 0.796. The van der Waals surface area contributed by atoms with Crippen molar-refractivity contribution in [3.05, 3.63) is 29.8 Å². The van der Waals surface area contributed by atoms with Crippen LogP contribution in [0.4, 0.5) is 0 Å². The van der Waals surface area contributed by atoms with Crippen molar-refractivity contribution in [1.29, 1.82) is 0 Å². The Kier molecular flexibility index (Phi) is 5.69. The summed E-state index contributed by atoms with van der Waals surface area (Å²) >= 11 is 0. The first-order chi connectivity index (χ1) is 8.62. The molecule has 1 N–H and O–H groups in total. The van der Waals surface area contributed by atoms with Crippen molar-refractivity contribution in [1.82, 2.24) is 4.90 Å². The predicted octanol–water partition coefficient (Wildman–Crippen LogP) is 3.29. The maximum absolute atomic E-state index is 12.3. The molecule has 0 spiro atoms. The third-order valence-electron chi connectivity index (χ3n) is 3.42. The number of carbonyl (C=O) groups excluding carboxylic acids is 1.